The fourth-order valence-electron chi connectivity index (χ4n) is 2.98. The summed E-state index contributed by atoms with van der Waals surface area (Å²) < 4.78 is 3.53. The Labute approximate surface area is 166 Å². The van der Waals surface area contributed by atoms with Crippen LogP contribution in [0.25, 0.3) is 10.9 Å². The van der Waals surface area contributed by atoms with Gasteiger partial charge in [-0.1, -0.05) is 48.5 Å². The summed E-state index contributed by atoms with van der Waals surface area (Å²) in [6.45, 7) is 0.845. The first-order valence-corrected chi connectivity index (χ1v) is 9.54. The quantitative estimate of drug-likeness (QED) is 0.234. The molecule has 0 amide bonds. The molecule has 128 valence electrons. The maximum Gasteiger partial charge on any atom is 0.0566 e. The second kappa shape index (κ2) is 7.74. The van der Waals surface area contributed by atoms with Crippen LogP contribution in [0.3, 0.4) is 0 Å². The van der Waals surface area contributed by atoms with E-state index in [0.717, 1.165) is 17.8 Å². The highest BCUT2D eigenvalue weighted by molar-refractivity contribution is 14.1. The Morgan fingerprint density at radius 2 is 1.62 bits per heavy atom. The molecule has 3 nitrogen and oxygen atoms in total. The lowest BCUT2D eigenvalue weighted by molar-refractivity contribution is 0.836. The normalized spacial score (nSPS) is 11.3. The second-order valence-electron chi connectivity index (χ2n) is 6.09. The maximum absolute atomic E-state index is 4.40. The molecule has 0 radical (unpaired) electrons. The molecule has 4 rings (SSSR count). The number of aromatic nitrogens is 1. The zero-order chi connectivity index (χ0) is 17.8. The minimum absolute atomic E-state index is 0.845. The van der Waals surface area contributed by atoms with Crippen LogP contribution in [0.5, 0.6) is 0 Å². The molecule has 1 heterocycles. The Bertz CT molecular complexity index is 1030. The van der Waals surface area contributed by atoms with E-state index in [1.54, 1.807) is 0 Å². The van der Waals surface area contributed by atoms with Gasteiger partial charge in [-0.15, -0.1) is 0 Å². The van der Waals surface area contributed by atoms with E-state index >= 15 is 0 Å². The second-order valence-corrected chi connectivity index (χ2v) is 7.34. The van der Waals surface area contributed by atoms with Crippen LogP contribution in [0.15, 0.2) is 90.2 Å². The van der Waals surface area contributed by atoms with Crippen LogP contribution < -0.4 is 5.43 Å². The molecule has 1 N–H and O–H groups in total. The first-order chi connectivity index (χ1) is 12.8. The van der Waals surface area contributed by atoms with Gasteiger partial charge in [0.05, 0.1) is 11.9 Å². The van der Waals surface area contributed by atoms with Gasteiger partial charge in [-0.25, -0.2) is 0 Å². The van der Waals surface area contributed by atoms with Crippen LogP contribution in [-0.4, -0.2) is 10.8 Å². The number of halogens is 1. The maximum atomic E-state index is 4.40. The highest BCUT2D eigenvalue weighted by atomic mass is 127. The number of nitrogens with one attached hydrogen (secondary N) is 1. The van der Waals surface area contributed by atoms with Crippen molar-refractivity contribution >= 4 is 45.4 Å². The van der Waals surface area contributed by atoms with E-state index in [1.165, 1.54) is 20.0 Å². The third kappa shape index (κ3) is 3.80. The Kier molecular flexibility index (Phi) is 5.02. The molecule has 0 atom stereocenters. The van der Waals surface area contributed by atoms with Crippen molar-refractivity contribution in [3.63, 3.8) is 0 Å². The summed E-state index contributed by atoms with van der Waals surface area (Å²) in [6.07, 6.45) is 4.05. The summed E-state index contributed by atoms with van der Waals surface area (Å²) >= 11 is 2.33. The number of anilines is 1. The standard InChI is InChI=1S/C22H18IN3/c23-19-12-10-17(11-13-19)15-26-16-18(21-8-4-5-9-22(21)26)14-24-25-20-6-2-1-3-7-20/h1-14,16,25H,15H2/b24-14-. The van der Waals surface area contributed by atoms with Crippen molar-refractivity contribution in [2.75, 3.05) is 5.43 Å². The van der Waals surface area contributed by atoms with Crippen LogP contribution in [-0.2, 0) is 6.54 Å². The van der Waals surface area contributed by atoms with Crippen molar-refractivity contribution in [1.82, 2.24) is 4.57 Å². The van der Waals surface area contributed by atoms with Crippen LogP contribution in [0.2, 0.25) is 0 Å². The summed E-state index contributed by atoms with van der Waals surface area (Å²) in [7, 11) is 0. The lowest BCUT2D eigenvalue weighted by atomic mass is 10.2. The average molecular weight is 451 g/mol. The first kappa shape index (κ1) is 16.8. The van der Waals surface area contributed by atoms with E-state index in [1.807, 2.05) is 36.5 Å². The summed E-state index contributed by atoms with van der Waals surface area (Å²) in [5, 5.41) is 5.61. The van der Waals surface area contributed by atoms with Gasteiger partial charge in [0, 0.05) is 32.8 Å². The first-order valence-electron chi connectivity index (χ1n) is 8.46. The van der Waals surface area contributed by atoms with E-state index in [0.29, 0.717) is 0 Å². The molecular formula is C22H18IN3. The molecular weight excluding hydrogens is 433 g/mol. The molecule has 0 saturated heterocycles. The van der Waals surface area contributed by atoms with Crippen LogP contribution in [0.4, 0.5) is 5.69 Å². The number of fused-ring (bicyclic) bond motifs is 1. The molecule has 3 aromatic carbocycles. The van der Waals surface area contributed by atoms with Gasteiger partial charge in [-0.3, -0.25) is 5.43 Å². The van der Waals surface area contributed by atoms with Crippen molar-refractivity contribution in [2.24, 2.45) is 5.10 Å². The number of rotatable bonds is 5. The predicted octanol–water partition coefficient (Wildman–Crippen LogP) is 5.74. The van der Waals surface area contributed by atoms with Gasteiger partial charge in [0.2, 0.25) is 0 Å². The Hall–Kier alpha value is -2.60. The highest BCUT2D eigenvalue weighted by Gasteiger charge is 2.07. The largest absolute Gasteiger partial charge is 0.342 e. The van der Waals surface area contributed by atoms with Gasteiger partial charge in [0.25, 0.3) is 0 Å². The minimum Gasteiger partial charge on any atom is -0.342 e. The summed E-state index contributed by atoms with van der Waals surface area (Å²) in [4.78, 5) is 0. The molecule has 0 aliphatic heterocycles. The number of hydrogen-bond acceptors (Lipinski definition) is 2. The van der Waals surface area contributed by atoms with Gasteiger partial charge in [0.1, 0.15) is 0 Å². The van der Waals surface area contributed by atoms with Crippen molar-refractivity contribution in [3.8, 4) is 0 Å². The van der Waals surface area contributed by atoms with E-state index in [4.69, 9.17) is 0 Å². The summed E-state index contributed by atoms with van der Waals surface area (Å²) in [5.41, 5.74) is 7.67. The third-order valence-corrected chi connectivity index (χ3v) is 4.98. The number of hydrazone groups is 1. The number of hydrogen-bond donors (Lipinski definition) is 1. The fourth-order valence-corrected chi connectivity index (χ4v) is 3.34. The average Bonchev–Trinajstić information content (AvgIpc) is 3.02. The van der Waals surface area contributed by atoms with E-state index in [9.17, 15) is 0 Å². The van der Waals surface area contributed by atoms with Crippen molar-refractivity contribution in [2.45, 2.75) is 6.54 Å². The summed E-state index contributed by atoms with van der Waals surface area (Å²) in [5.74, 6) is 0. The molecule has 4 aromatic rings. The molecule has 0 aliphatic carbocycles. The Morgan fingerprint density at radius 3 is 2.42 bits per heavy atom. The summed E-state index contributed by atoms with van der Waals surface area (Å²) in [6, 6.07) is 27.1. The fraction of sp³-hybridized carbons (Fsp3) is 0.0455. The Morgan fingerprint density at radius 1 is 0.885 bits per heavy atom. The topological polar surface area (TPSA) is 29.3 Å². The van der Waals surface area contributed by atoms with Gasteiger partial charge in [0.15, 0.2) is 0 Å². The van der Waals surface area contributed by atoms with Crippen LogP contribution >= 0.6 is 22.6 Å². The Balaban J connectivity index is 1.62. The number of benzene rings is 3. The highest BCUT2D eigenvalue weighted by Crippen LogP contribution is 2.21. The molecule has 0 unspecified atom stereocenters. The van der Waals surface area contributed by atoms with Gasteiger partial charge in [-0.05, 0) is 58.5 Å². The monoisotopic (exact) mass is 451 g/mol. The van der Waals surface area contributed by atoms with Crippen molar-refractivity contribution in [3.05, 3.63) is 99.8 Å². The third-order valence-electron chi connectivity index (χ3n) is 4.26. The minimum atomic E-state index is 0.845. The molecule has 0 fully saturated rings. The molecule has 0 spiro atoms. The van der Waals surface area contributed by atoms with Crippen molar-refractivity contribution in [1.29, 1.82) is 0 Å². The van der Waals surface area contributed by atoms with Crippen molar-refractivity contribution < 1.29 is 0 Å². The molecule has 0 saturated carbocycles. The van der Waals surface area contributed by atoms with Crippen LogP contribution in [0, 0.1) is 3.57 Å². The molecule has 4 heteroatoms. The molecule has 1 aromatic heterocycles. The zero-order valence-electron chi connectivity index (χ0n) is 14.1. The van der Waals surface area contributed by atoms with E-state index in [-0.39, 0.29) is 0 Å². The van der Waals surface area contributed by atoms with Crippen LogP contribution in [0.1, 0.15) is 11.1 Å². The SMILES string of the molecule is Ic1ccc(Cn2cc(/C=N\Nc3ccccc3)c3ccccc32)cc1. The lowest BCUT2D eigenvalue weighted by Crippen LogP contribution is -1.97. The van der Waals surface area contributed by atoms with Gasteiger partial charge in [-0.2, -0.15) is 5.10 Å². The van der Waals surface area contributed by atoms with Gasteiger partial charge < -0.3 is 4.57 Å². The van der Waals surface area contributed by atoms with Gasteiger partial charge >= 0.3 is 0 Å². The molecule has 0 aliphatic rings. The predicted molar refractivity (Wildman–Crippen MR) is 118 cm³/mol. The molecule has 0 bridgehead atoms. The molecule has 26 heavy (non-hydrogen) atoms. The lowest BCUT2D eigenvalue weighted by Gasteiger charge is -2.05. The zero-order valence-corrected chi connectivity index (χ0v) is 16.3. The number of para-hydroxylation sites is 2. The number of nitrogens with zero attached hydrogens (tertiary/aromatic N) is 2. The van der Waals surface area contributed by atoms with E-state index < -0.39 is 0 Å². The van der Waals surface area contributed by atoms with E-state index in [2.05, 4.69) is 92.4 Å². The smallest absolute Gasteiger partial charge is 0.0566 e.